The van der Waals surface area contributed by atoms with Gasteiger partial charge in [0.2, 0.25) is 5.91 Å². The summed E-state index contributed by atoms with van der Waals surface area (Å²) in [5.41, 5.74) is 0.786. The van der Waals surface area contributed by atoms with Crippen molar-refractivity contribution in [2.24, 2.45) is 0 Å². The fourth-order valence-corrected chi connectivity index (χ4v) is 3.85. The molecule has 11 nitrogen and oxygen atoms in total. The Balaban J connectivity index is 2.84. The highest BCUT2D eigenvalue weighted by molar-refractivity contribution is 6.74. The molecule has 0 heterocycles. The molecule has 1 rings (SSSR count). The maximum absolute atomic E-state index is 13.0. The minimum Gasteiger partial charge on any atom is -0.480 e. The summed E-state index contributed by atoms with van der Waals surface area (Å²) in [6.07, 6.45) is -1.35. The Morgan fingerprint density at radius 3 is 2.14 bits per heavy atom. The van der Waals surface area contributed by atoms with Gasteiger partial charge in [0.15, 0.2) is 20.6 Å². The summed E-state index contributed by atoms with van der Waals surface area (Å²) >= 11 is 0. The van der Waals surface area contributed by atoms with Crippen LogP contribution in [0.15, 0.2) is 30.3 Å². The van der Waals surface area contributed by atoms with Crippen molar-refractivity contribution in [2.75, 3.05) is 34.0 Å². The van der Waals surface area contributed by atoms with Gasteiger partial charge in [-0.2, -0.15) is 0 Å². The van der Waals surface area contributed by atoms with Crippen LogP contribution in [-0.4, -0.2) is 83.8 Å². The van der Waals surface area contributed by atoms with Gasteiger partial charge in [0.05, 0.1) is 13.2 Å². The second-order valence-corrected chi connectivity index (χ2v) is 14.8. The molecule has 210 valence electrons. The molecule has 0 aliphatic rings. The smallest absolute Gasteiger partial charge is 0.408 e. The van der Waals surface area contributed by atoms with Gasteiger partial charge < -0.3 is 39.1 Å². The molecule has 12 heteroatoms. The Morgan fingerprint density at radius 2 is 1.59 bits per heavy atom. The number of alkyl carbamates (subject to hydrolysis) is 1. The molecule has 0 spiro atoms. The van der Waals surface area contributed by atoms with Crippen LogP contribution in [0.4, 0.5) is 4.79 Å². The Hall–Kier alpha value is -2.51. The molecule has 0 aliphatic heterocycles. The average molecular weight is 543 g/mol. The highest BCUT2D eigenvalue weighted by Gasteiger charge is 2.37. The Labute approximate surface area is 220 Å². The predicted octanol–water partition coefficient (Wildman–Crippen LogP) is 2.90. The summed E-state index contributed by atoms with van der Waals surface area (Å²) in [6, 6.07) is 6.66. The van der Waals surface area contributed by atoms with Gasteiger partial charge in [0, 0.05) is 20.8 Å². The number of carbonyl (C=O) groups is 3. The maximum Gasteiger partial charge on any atom is 0.408 e. The summed E-state index contributed by atoms with van der Waals surface area (Å²) in [7, 11) is 0.742. The predicted molar refractivity (Wildman–Crippen MR) is 140 cm³/mol. The third-order valence-corrected chi connectivity index (χ3v) is 10.7. The van der Waals surface area contributed by atoms with E-state index >= 15 is 0 Å². The molecule has 2 amide bonds. The lowest BCUT2D eigenvalue weighted by molar-refractivity contribution is -0.153. The molecule has 0 radical (unpaired) electrons. The number of methoxy groups -OCH3 is 2. The number of aliphatic carboxylic acids is 1. The second kappa shape index (κ2) is 15.7. The zero-order valence-corrected chi connectivity index (χ0v) is 23.9. The molecule has 0 saturated carbocycles. The largest absolute Gasteiger partial charge is 0.480 e. The molecule has 1 aromatic rings. The van der Waals surface area contributed by atoms with Crippen LogP contribution < -0.4 is 10.6 Å². The summed E-state index contributed by atoms with van der Waals surface area (Å²) in [6.45, 7) is 10.3. The maximum atomic E-state index is 13.0. The van der Waals surface area contributed by atoms with Crippen molar-refractivity contribution in [3.05, 3.63) is 35.9 Å². The van der Waals surface area contributed by atoms with Gasteiger partial charge in [-0.05, 0) is 30.1 Å². The van der Waals surface area contributed by atoms with Gasteiger partial charge in [-0.1, -0.05) is 51.1 Å². The van der Waals surface area contributed by atoms with Crippen LogP contribution in [0, 0.1) is 0 Å². The number of carbonyl (C=O) groups excluding carboxylic acids is 2. The topological polar surface area (TPSA) is 142 Å². The molecule has 0 saturated heterocycles. The van der Waals surface area contributed by atoms with Gasteiger partial charge in [-0.15, -0.1) is 0 Å². The number of hydrogen-bond acceptors (Lipinski definition) is 8. The third kappa shape index (κ3) is 12.1. The van der Waals surface area contributed by atoms with Gasteiger partial charge in [0.25, 0.3) is 0 Å². The van der Waals surface area contributed by atoms with Crippen LogP contribution in [-0.2, 0) is 39.6 Å². The molecule has 0 aromatic heterocycles. The first-order valence-corrected chi connectivity index (χ1v) is 15.0. The summed E-state index contributed by atoms with van der Waals surface area (Å²) in [5, 5.41) is 14.5. The number of ether oxygens (including phenoxy) is 4. The molecule has 2 atom stereocenters. The zero-order valence-electron chi connectivity index (χ0n) is 22.9. The molecular formula is C25H42N2O9Si. The van der Waals surface area contributed by atoms with E-state index in [9.17, 15) is 19.5 Å². The van der Waals surface area contributed by atoms with E-state index in [1.165, 1.54) is 14.2 Å². The minimum atomic E-state index is -2.10. The van der Waals surface area contributed by atoms with Gasteiger partial charge >= 0.3 is 12.1 Å². The lowest BCUT2D eigenvalue weighted by atomic mass is 10.2. The molecule has 0 fully saturated rings. The van der Waals surface area contributed by atoms with Crippen molar-refractivity contribution in [1.29, 1.82) is 0 Å². The van der Waals surface area contributed by atoms with Crippen LogP contribution in [0.5, 0.6) is 0 Å². The van der Waals surface area contributed by atoms with E-state index in [2.05, 4.69) is 44.5 Å². The van der Waals surface area contributed by atoms with Crippen molar-refractivity contribution >= 4 is 26.3 Å². The first-order valence-electron chi connectivity index (χ1n) is 12.1. The summed E-state index contributed by atoms with van der Waals surface area (Å²) < 4.78 is 26.7. The van der Waals surface area contributed by atoms with E-state index in [0.29, 0.717) is 0 Å². The van der Waals surface area contributed by atoms with E-state index < -0.39 is 44.7 Å². The van der Waals surface area contributed by atoms with Crippen LogP contribution in [0.3, 0.4) is 0 Å². The van der Waals surface area contributed by atoms with Gasteiger partial charge in [0.1, 0.15) is 12.6 Å². The van der Waals surface area contributed by atoms with Crippen LogP contribution in [0.25, 0.3) is 0 Å². The quantitative estimate of drug-likeness (QED) is 0.212. The van der Waals surface area contributed by atoms with E-state index in [1.807, 2.05) is 18.2 Å². The van der Waals surface area contributed by atoms with Gasteiger partial charge in [-0.3, -0.25) is 4.79 Å². The standard InChI is InChI=1S/C25H42N2O9Si/c1-25(2,3)37(6,7)36-14-13-19(27-24(31)35-15-18-11-9-8-10-12-18)22(28)26-20(23(29)30)16-34-17-21(32-4)33-5/h8-12,19-21H,13-17H2,1-7H3,(H,26,28)(H,27,31)(H,29,30)/t19-,20-/m0/s1. The lowest BCUT2D eigenvalue weighted by Gasteiger charge is -2.36. The number of amides is 2. The minimum absolute atomic E-state index is 0.0211. The Bertz CT molecular complexity index is 842. The van der Waals surface area contributed by atoms with Crippen LogP contribution in [0.2, 0.25) is 18.1 Å². The van der Waals surface area contributed by atoms with Crippen LogP contribution in [0.1, 0.15) is 32.8 Å². The number of hydrogen-bond donors (Lipinski definition) is 3. The Kier molecular flexibility index (Phi) is 13.8. The first-order chi connectivity index (χ1) is 17.3. The van der Waals surface area contributed by atoms with E-state index in [0.717, 1.165) is 5.56 Å². The average Bonchev–Trinajstić information content (AvgIpc) is 2.83. The Morgan fingerprint density at radius 1 is 0.973 bits per heavy atom. The fourth-order valence-electron chi connectivity index (χ4n) is 2.79. The van der Waals surface area contributed by atoms with Crippen molar-refractivity contribution in [3.63, 3.8) is 0 Å². The molecule has 3 N–H and O–H groups in total. The molecular weight excluding hydrogens is 500 g/mol. The molecule has 0 aliphatic carbocycles. The normalized spacial score (nSPS) is 13.6. The fraction of sp³-hybridized carbons (Fsp3) is 0.640. The highest BCUT2D eigenvalue weighted by atomic mass is 28.4. The first kappa shape index (κ1) is 32.5. The zero-order chi connectivity index (χ0) is 28.1. The van der Waals surface area contributed by atoms with Crippen molar-refractivity contribution in [2.45, 2.75) is 70.3 Å². The SMILES string of the molecule is COC(COC[C@H](NC(=O)[C@H](CCO[Si](C)(C)C(C)(C)C)NC(=O)OCc1ccccc1)C(=O)O)OC. The third-order valence-electron chi connectivity index (χ3n) is 6.18. The van der Waals surface area contributed by atoms with Crippen molar-refractivity contribution in [3.8, 4) is 0 Å². The molecule has 0 unspecified atom stereocenters. The second-order valence-electron chi connectivity index (χ2n) is 9.99. The van der Waals surface area contributed by atoms with E-state index in [1.54, 1.807) is 12.1 Å². The number of rotatable bonds is 16. The monoisotopic (exact) mass is 542 g/mol. The lowest BCUT2D eigenvalue weighted by Crippen LogP contribution is -2.53. The molecule has 0 bridgehead atoms. The molecule has 1 aromatic carbocycles. The van der Waals surface area contributed by atoms with Crippen LogP contribution >= 0.6 is 0 Å². The number of carboxylic acids is 1. The van der Waals surface area contributed by atoms with E-state index in [4.69, 9.17) is 23.4 Å². The van der Waals surface area contributed by atoms with Crippen molar-refractivity contribution < 1.29 is 42.9 Å². The number of carboxylic acid groups (broad SMARTS) is 1. The number of nitrogens with one attached hydrogen (secondary N) is 2. The van der Waals surface area contributed by atoms with E-state index in [-0.39, 0.29) is 37.9 Å². The highest BCUT2D eigenvalue weighted by Crippen LogP contribution is 2.36. The molecule has 37 heavy (non-hydrogen) atoms. The number of benzene rings is 1. The summed E-state index contributed by atoms with van der Waals surface area (Å²) in [4.78, 5) is 37.2. The van der Waals surface area contributed by atoms with Gasteiger partial charge in [-0.25, -0.2) is 9.59 Å². The van der Waals surface area contributed by atoms with Crippen molar-refractivity contribution in [1.82, 2.24) is 10.6 Å². The summed E-state index contributed by atoms with van der Waals surface area (Å²) in [5.74, 6) is -1.98.